The van der Waals surface area contributed by atoms with Crippen molar-refractivity contribution in [1.29, 1.82) is 0 Å². The monoisotopic (exact) mass is 413 g/mol. The lowest BCUT2D eigenvalue weighted by Crippen LogP contribution is -2.48. The van der Waals surface area contributed by atoms with E-state index in [1.807, 2.05) is 7.05 Å². The van der Waals surface area contributed by atoms with Crippen molar-refractivity contribution in [3.63, 3.8) is 0 Å². The smallest absolute Gasteiger partial charge is 0.0594 e. The van der Waals surface area contributed by atoms with Gasteiger partial charge in [-0.15, -0.1) is 0 Å². The molecule has 0 saturated carbocycles. The van der Waals surface area contributed by atoms with Crippen LogP contribution in [0.25, 0.3) is 0 Å². The first-order valence-electron chi connectivity index (χ1n) is 11.5. The predicted octanol–water partition coefficient (Wildman–Crippen LogP) is -0.738. The molecule has 0 aromatic heterocycles. The number of likely N-dealkylation sites (tertiary alicyclic amines) is 2. The minimum atomic E-state index is 0.723. The number of piperazine rings is 2. The Kier molecular flexibility index (Phi) is 10.6. The van der Waals surface area contributed by atoms with E-state index >= 15 is 0 Å². The van der Waals surface area contributed by atoms with Crippen molar-refractivity contribution in [2.24, 2.45) is 0 Å². The van der Waals surface area contributed by atoms with Gasteiger partial charge in [-0.1, -0.05) is 0 Å². The lowest BCUT2D eigenvalue weighted by Gasteiger charge is -2.35. The van der Waals surface area contributed by atoms with Gasteiger partial charge in [-0.25, -0.2) is 0 Å². The summed E-state index contributed by atoms with van der Waals surface area (Å²) in [5.41, 5.74) is 0. The van der Waals surface area contributed by atoms with E-state index in [0.717, 1.165) is 104 Å². The molecule has 0 amide bonds. The molecule has 1 unspecified atom stereocenters. The van der Waals surface area contributed by atoms with Crippen LogP contribution in [0, 0.1) is 0 Å². The average Bonchev–Trinajstić information content (AvgIpc) is 3.33. The SMILES string of the molecule is CNCCOCCN1CC2C[C@H]1CN2CCOCCN1CCN(CCOC)CC1. The van der Waals surface area contributed by atoms with E-state index in [4.69, 9.17) is 14.2 Å². The first kappa shape index (κ1) is 23.3. The molecule has 3 aliphatic rings. The van der Waals surface area contributed by atoms with Gasteiger partial charge in [-0.05, 0) is 13.5 Å². The summed E-state index contributed by atoms with van der Waals surface area (Å²) in [7, 11) is 3.74. The lowest BCUT2D eigenvalue weighted by atomic mass is 10.2. The molecule has 29 heavy (non-hydrogen) atoms. The molecule has 3 saturated heterocycles. The zero-order valence-electron chi connectivity index (χ0n) is 18.7. The maximum absolute atomic E-state index is 5.97. The Labute approximate surface area is 177 Å². The molecule has 170 valence electrons. The standard InChI is InChI=1S/C21H43N5O3/c1-22-3-12-28-15-10-25-18-21-17-20(25)19-26(21)11-16-29-14-9-24-6-4-23(5-7-24)8-13-27-2/h20-22H,3-19H2,1-2H3/t20-,21?/m0/s1. The second kappa shape index (κ2) is 13.2. The minimum Gasteiger partial charge on any atom is -0.383 e. The van der Waals surface area contributed by atoms with E-state index in [1.54, 1.807) is 7.11 Å². The molecular weight excluding hydrogens is 370 g/mol. The Morgan fingerprint density at radius 2 is 1.24 bits per heavy atom. The largest absolute Gasteiger partial charge is 0.383 e. The third kappa shape index (κ3) is 7.70. The molecule has 2 bridgehead atoms. The molecule has 3 rings (SSSR count). The Hall–Kier alpha value is -0.320. The summed E-state index contributed by atoms with van der Waals surface area (Å²) < 4.78 is 16.8. The van der Waals surface area contributed by atoms with E-state index in [-0.39, 0.29) is 0 Å². The highest BCUT2D eigenvalue weighted by molar-refractivity contribution is 4.99. The second-order valence-electron chi connectivity index (χ2n) is 8.54. The Morgan fingerprint density at radius 3 is 1.76 bits per heavy atom. The van der Waals surface area contributed by atoms with Crippen molar-refractivity contribution >= 4 is 0 Å². The lowest BCUT2D eigenvalue weighted by molar-refractivity contribution is 0.0417. The van der Waals surface area contributed by atoms with Gasteiger partial charge < -0.3 is 19.5 Å². The highest BCUT2D eigenvalue weighted by Gasteiger charge is 2.42. The van der Waals surface area contributed by atoms with Crippen LogP contribution in [-0.4, -0.2) is 151 Å². The summed E-state index contributed by atoms with van der Waals surface area (Å²) >= 11 is 0. The van der Waals surface area contributed by atoms with Crippen LogP contribution in [0.3, 0.4) is 0 Å². The van der Waals surface area contributed by atoms with Gasteiger partial charge in [0.2, 0.25) is 0 Å². The first-order valence-corrected chi connectivity index (χ1v) is 11.5. The number of nitrogens with one attached hydrogen (secondary N) is 1. The highest BCUT2D eigenvalue weighted by Crippen LogP contribution is 2.29. The van der Waals surface area contributed by atoms with Crippen molar-refractivity contribution in [1.82, 2.24) is 24.9 Å². The van der Waals surface area contributed by atoms with Crippen LogP contribution >= 0.6 is 0 Å². The second-order valence-corrected chi connectivity index (χ2v) is 8.54. The van der Waals surface area contributed by atoms with Crippen molar-refractivity contribution in [2.75, 3.05) is 119 Å². The molecule has 0 aromatic rings. The molecule has 0 aromatic carbocycles. The molecule has 3 heterocycles. The van der Waals surface area contributed by atoms with Gasteiger partial charge in [-0.3, -0.25) is 19.6 Å². The van der Waals surface area contributed by atoms with Gasteiger partial charge in [0.25, 0.3) is 0 Å². The van der Waals surface area contributed by atoms with E-state index in [0.29, 0.717) is 0 Å². The van der Waals surface area contributed by atoms with Gasteiger partial charge in [0.1, 0.15) is 0 Å². The average molecular weight is 414 g/mol. The van der Waals surface area contributed by atoms with Gasteiger partial charge in [-0.2, -0.15) is 0 Å². The van der Waals surface area contributed by atoms with Crippen LogP contribution in [0.15, 0.2) is 0 Å². The zero-order chi connectivity index (χ0) is 20.3. The number of likely N-dealkylation sites (N-methyl/N-ethyl adjacent to an activating group) is 1. The van der Waals surface area contributed by atoms with E-state index in [1.165, 1.54) is 19.5 Å². The van der Waals surface area contributed by atoms with Crippen molar-refractivity contribution in [3.05, 3.63) is 0 Å². The van der Waals surface area contributed by atoms with E-state index < -0.39 is 0 Å². The summed E-state index contributed by atoms with van der Waals surface area (Å²) in [6, 6.07) is 1.45. The van der Waals surface area contributed by atoms with Crippen LogP contribution in [0.2, 0.25) is 0 Å². The molecule has 3 fully saturated rings. The quantitative estimate of drug-likeness (QED) is 0.353. The summed E-state index contributed by atoms with van der Waals surface area (Å²) in [5.74, 6) is 0. The van der Waals surface area contributed by atoms with Crippen LogP contribution in [0.4, 0.5) is 0 Å². The first-order chi connectivity index (χ1) is 14.3. The fourth-order valence-electron chi connectivity index (χ4n) is 4.77. The topological polar surface area (TPSA) is 52.7 Å². The summed E-state index contributed by atoms with van der Waals surface area (Å²) in [4.78, 5) is 10.3. The minimum absolute atomic E-state index is 0.723. The van der Waals surface area contributed by atoms with Crippen molar-refractivity contribution in [3.8, 4) is 0 Å². The molecule has 0 aliphatic carbocycles. The van der Waals surface area contributed by atoms with Gasteiger partial charge in [0, 0.05) is 91.2 Å². The van der Waals surface area contributed by atoms with Gasteiger partial charge in [0.05, 0.1) is 33.0 Å². The Morgan fingerprint density at radius 1 is 0.724 bits per heavy atom. The molecular formula is C21H43N5O3. The zero-order valence-corrected chi connectivity index (χ0v) is 18.7. The Bertz CT molecular complexity index is 437. The molecule has 8 heteroatoms. The van der Waals surface area contributed by atoms with Crippen molar-refractivity contribution < 1.29 is 14.2 Å². The summed E-state index contributed by atoms with van der Waals surface area (Å²) in [6.07, 6.45) is 1.32. The fourth-order valence-corrected chi connectivity index (χ4v) is 4.77. The number of rotatable bonds is 15. The Balaban J connectivity index is 1.17. The van der Waals surface area contributed by atoms with Crippen LogP contribution in [0.5, 0.6) is 0 Å². The molecule has 1 N–H and O–H groups in total. The van der Waals surface area contributed by atoms with Gasteiger partial charge in [0.15, 0.2) is 0 Å². The molecule has 2 atom stereocenters. The maximum atomic E-state index is 5.97. The van der Waals surface area contributed by atoms with Crippen molar-refractivity contribution in [2.45, 2.75) is 18.5 Å². The highest BCUT2D eigenvalue weighted by atomic mass is 16.5. The fraction of sp³-hybridized carbons (Fsp3) is 1.00. The molecule has 0 radical (unpaired) electrons. The molecule has 3 aliphatic heterocycles. The van der Waals surface area contributed by atoms with E-state index in [9.17, 15) is 0 Å². The van der Waals surface area contributed by atoms with Crippen LogP contribution in [-0.2, 0) is 14.2 Å². The number of methoxy groups -OCH3 is 1. The maximum Gasteiger partial charge on any atom is 0.0594 e. The number of hydrogen-bond donors (Lipinski definition) is 1. The van der Waals surface area contributed by atoms with Crippen LogP contribution in [0.1, 0.15) is 6.42 Å². The number of fused-ring (bicyclic) bond motifs is 2. The predicted molar refractivity (Wildman–Crippen MR) is 116 cm³/mol. The summed E-state index contributed by atoms with van der Waals surface area (Å²) in [5, 5.41) is 3.12. The van der Waals surface area contributed by atoms with Gasteiger partial charge >= 0.3 is 0 Å². The summed E-state index contributed by atoms with van der Waals surface area (Å²) in [6.45, 7) is 16.4. The third-order valence-corrected chi connectivity index (χ3v) is 6.64. The normalized spacial score (nSPS) is 26.7. The molecule has 8 nitrogen and oxygen atoms in total. The van der Waals surface area contributed by atoms with E-state index in [2.05, 4.69) is 24.9 Å². The van der Waals surface area contributed by atoms with Crippen LogP contribution < -0.4 is 5.32 Å². The third-order valence-electron chi connectivity index (χ3n) is 6.64. The number of ether oxygens (including phenoxy) is 3. The number of nitrogens with zero attached hydrogens (tertiary/aromatic N) is 4. The molecule has 0 spiro atoms. The number of hydrogen-bond acceptors (Lipinski definition) is 8.